The van der Waals surface area contributed by atoms with E-state index in [9.17, 15) is 4.39 Å². The first-order valence-corrected chi connectivity index (χ1v) is 5.60. The van der Waals surface area contributed by atoms with E-state index in [0.29, 0.717) is 10.6 Å². The Labute approximate surface area is 93.9 Å². The van der Waals surface area contributed by atoms with Gasteiger partial charge in [-0.1, -0.05) is 0 Å². The Morgan fingerprint density at radius 2 is 2.29 bits per heavy atom. The Morgan fingerprint density at radius 3 is 2.86 bits per heavy atom. The van der Waals surface area contributed by atoms with Crippen LogP contribution in [0.2, 0.25) is 0 Å². The molecule has 14 heavy (non-hydrogen) atoms. The SMILES string of the molecule is N#Cc1ccc(SCCO)c(F)c1Br. The van der Waals surface area contributed by atoms with Crippen molar-refractivity contribution in [3.63, 3.8) is 0 Å². The van der Waals surface area contributed by atoms with Crippen molar-refractivity contribution in [3.05, 3.63) is 28.0 Å². The van der Waals surface area contributed by atoms with Gasteiger partial charge in [-0.05, 0) is 28.1 Å². The molecule has 0 bridgehead atoms. The van der Waals surface area contributed by atoms with Gasteiger partial charge in [0, 0.05) is 10.6 Å². The maximum atomic E-state index is 13.5. The van der Waals surface area contributed by atoms with Crippen molar-refractivity contribution < 1.29 is 9.50 Å². The van der Waals surface area contributed by atoms with Gasteiger partial charge >= 0.3 is 0 Å². The molecule has 0 aliphatic heterocycles. The fourth-order valence-corrected chi connectivity index (χ4v) is 2.16. The lowest BCUT2D eigenvalue weighted by Gasteiger charge is -2.04. The molecule has 1 aromatic carbocycles. The van der Waals surface area contributed by atoms with E-state index in [2.05, 4.69) is 15.9 Å². The highest BCUT2D eigenvalue weighted by molar-refractivity contribution is 9.10. The van der Waals surface area contributed by atoms with Gasteiger partial charge in [-0.3, -0.25) is 0 Å². The second-order valence-electron chi connectivity index (χ2n) is 2.42. The monoisotopic (exact) mass is 275 g/mol. The van der Waals surface area contributed by atoms with Crippen LogP contribution in [0.25, 0.3) is 0 Å². The number of rotatable bonds is 3. The number of aliphatic hydroxyl groups is 1. The van der Waals surface area contributed by atoms with Gasteiger partial charge in [0.25, 0.3) is 0 Å². The summed E-state index contributed by atoms with van der Waals surface area (Å²) in [5.74, 6) is -0.00239. The first-order chi connectivity index (χ1) is 6.70. The van der Waals surface area contributed by atoms with Gasteiger partial charge in [-0.2, -0.15) is 5.26 Å². The molecular formula is C9H7BrFNOS. The van der Waals surface area contributed by atoms with Crippen molar-refractivity contribution in [1.29, 1.82) is 5.26 Å². The van der Waals surface area contributed by atoms with Crippen molar-refractivity contribution in [2.45, 2.75) is 4.90 Å². The van der Waals surface area contributed by atoms with E-state index in [1.165, 1.54) is 11.8 Å². The number of hydrogen-bond donors (Lipinski definition) is 1. The molecule has 0 fully saturated rings. The summed E-state index contributed by atoms with van der Waals surface area (Å²) in [5.41, 5.74) is 0.274. The first-order valence-electron chi connectivity index (χ1n) is 3.82. The van der Waals surface area contributed by atoms with Gasteiger partial charge in [0.15, 0.2) is 5.82 Å². The van der Waals surface area contributed by atoms with Crippen LogP contribution in [-0.4, -0.2) is 17.5 Å². The molecule has 1 N–H and O–H groups in total. The Kier molecular flexibility index (Phi) is 4.39. The van der Waals surface area contributed by atoms with Crippen molar-refractivity contribution in [3.8, 4) is 6.07 Å². The Morgan fingerprint density at radius 1 is 1.57 bits per heavy atom. The quantitative estimate of drug-likeness (QED) is 0.863. The van der Waals surface area contributed by atoms with Crippen LogP contribution >= 0.6 is 27.7 Å². The second kappa shape index (κ2) is 5.35. The maximum Gasteiger partial charge on any atom is 0.152 e. The molecule has 5 heteroatoms. The second-order valence-corrected chi connectivity index (χ2v) is 4.35. The fraction of sp³-hybridized carbons (Fsp3) is 0.222. The molecule has 1 aromatic rings. The third-order valence-electron chi connectivity index (χ3n) is 1.52. The molecule has 0 aliphatic rings. The lowest BCUT2D eigenvalue weighted by atomic mass is 10.2. The first kappa shape index (κ1) is 11.5. The normalized spacial score (nSPS) is 9.86. The van der Waals surface area contributed by atoms with Gasteiger partial charge in [0.05, 0.1) is 16.6 Å². The zero-order valence-electron chi connectivity index (χ0n) is 7.13. The number of nitriles is 1. The highest BCUT2D eigenvalue weighted by atomic mass is 79.9. The molecular weight excluding hydrogens is 269 g/mol. The van der Waals surface area contributed by atoms with Crippen LogP contribution in [0.1, 0.15) is 5.56 Å². The van der Waals surface area contributed by atoms with Crippen molar-refractivity contribution >= 4 is 27.7 Å². The minimum Gasteiger partial charge on any atom is -0.396 e. The number of aliphatic hydroxyl groups excluding tert-OH is 1. The highest BCUT2D eigenvalue weighted by Gasteiger charge is 2.10. The molecule has 0 heterocycles. The van der Waals surface area contributed by atoms with Gasteiger partial charge in [0.1, 0.15) is 6.07 Å². The van der Waals surface area contributed by atoms with Crippen LogP contribution in [0, 0.1) is 17.1 Å². The summed E-state index contributed by atoms with van der Waals surface area (Å²) in [6, 6.07) is 4.96. The van der Waals surface area contributed by atoms with E-state index in [4.69, 9.17) is 10.4 Å². The van der Waals surface area contributed by atoms with E-state index >= 15 is 0 Å². The summed E-state index contributed by atoms with van der Waals surface area (Å²) in [6.07, 6.45) is 0. The molecule has 0 amide bonds. The van der Waals surface area contributed by atoms with Crippen molar-refractivity contribution in [2.75, 3.05) is 12.4 Å². The largest absolute Gasteiger partial charge is 0.396 e. The molecule has 2 nitrogen and oxygen atoms in total. The van der Waals surface area contributed by atoms with E-state index in [-0.39, 0.29) is 16.6 Å². The lowest BCUT2D eigenvalue weighted by Crippen LogP contribution is -1.91. The molecule has 0 saturated carbocycles. The average Bonchev–Trinajstić information content (AvgIpc) is 2.20. The average molecular weight is 276 g/mol. The number of halogens is 2. The predicted octanol–water partition coefficient (Wildman–Crippen LogP) is 2.54. The summed E-state index contributed by atoms with van der Waals surface area (Å²) in [6.45, 7) is 0.00171. The summed E-state index contributed by atoms with van der Waals surface area (Å²) in [5, 5.41) is 17.2. The highest BCUT2D eigenvalue weighted by Crippen LogP contribution is 2.29. The Hall–Kier alpha value is -0.570. The standard InChI is InChI=1S/C9H7BrFNOS/c10-8-6(5-12)1-2-7(9(8)11)14-4-3-13/h1-2,13H,3-4H2. The van der Waals surface area contributed by atoms with Crippen molar-refractivity contribution in [2.24, 2.45) is 0 Å². The van der Waals surface area contributed by atoms with E-state index in [0.717, 1.165) is 0 Å². The molecule has 74 valence electrons. The van der Waals surface area contributed by atoms with Crippen LogP contribution in [0.15, 0.2) is 21.5 Å². The topological polar surface area (TPSA) is 44.0 Å². The van der Waals surface area contributed by atoms with Gasteiger partial charge < -0.3 is 5.11 Å². The minimum absolute atomic E-state index is 0.00171. The zero-order chi connectivity index (χ0) is 10.6. The van der Waals surface area contributed by atoms with E-state index < -0.39 is 5.82 Å². The van der Waals surface area contributed by atoms with Gasteiger partial charge in [-0.25, -0.2) is 4.39 Å². The van der Waals surface area contributed by atoms with Crippen LogP contribution in [0.4, 0.5) is 4.39 Å². The number of hydrogen-bond acceptors (Lipinski definition) is 3. The summed E-state index contributed by atoms with van der Waals surface area (Å²) in [7, 11) is 0. The summed E-state index contributed by atoms with van der Waals surface area (Å²) >= 11 is 4.23. The molecule has 0 aromatic heterocycles. The smallest absolute Gasteiger partial charge is 0.152 e. The molecule has 0 aliphatic carbocycles. The Bertz CT molecular complexity index is 378. The lowest BCUT2D eigenvalue weighted by molar-refractivity contribution is 0.322. The fourth-order valence-electron chi connectivity index (χ4n) is 0.885. The number of benzene rings is 1. The molecule has 0 atom stereocenters. The molecule has 0 saturated heterocycles. The van der Waals surface area contributed by atoms with Crippen LogP contribution in [-0.2, 0) is 0 Å². The number of nitrogens with zero attached hydrogens (tertiary/aromatic N) is 1. The van der Waals surface area contributed by atoms with Crippen molar-refractivity contribution in [1.82, 2.24) is 0 Å². The maximum absolute atomic E-state index is 13.5. The van der Waals surface area contributed by atoms with Crippen LogP contribution in [0.3, 0.4) is 0 Å². The third kappa shape index (κ3) is 2.47. The number of thioether (sulfide) groups is 1. The van der Waals surface area contributed by atoms with Crippen LogP contribution < -0.4 is 0 Å². The van der Waals surface area contributed by atoms with Gasteiger partial charge in [-0.15, -0.1) is 11.8 Å². The van der Waals surface area contributed by atoms with Gasteiger partial charge in [0.2, 0.25) is 0 Å². The Balaban J connectivity index is 3.00. The summed E-state index contributed by atoms with van der Waals surface area (Å²) < 4.78 is 13.7. The summed E-state index contributed by atoms with van der Waals surface area (Å²) in [4.78, 5) is 0.435. The van der Waals surface area contributed by atoms with E-state index in [1.807, 2.05) is 6.07 Å². The van der Waals surface area contributed by atoms with Crippen LogP contribution in [0.5, 0.6) is 0 Å². The molecule has 0 spiro atoms. The van der Waals surface area contributed by atoms with E-state index in [1.54, 1.807) is 12.1 Å². The predicted molar refractivity (Wildman–Crippen MR) is 56.6 cm³/mol. The molecule has 1 rings (SSSR count). The third-order valence-corrected chi connectivity index (χ3v) is 3.30. The minimum atomic E-state index is -0.442. The molecule has 0 unspecified atom stereocenters. The molecule has 0 radical (unpaired) electrons. The zero-order valence-corrected chi connectivity index (χ0v) is 9.53.